The van der Waals surface area contributed by atoms with Gasteiger partial charge in [-0.2, -0.15) is 4.31 Å². The van der Waals surface area contributed by atoms with Crippen LogP contribution in [0.25, 0.3) is 0 Å². The van der Waals surface area contributed by atoms with Gasteiger partial charge in [0.05, 0.1) is 38.2 Å². The highest BCUT2D eigenvalue weighted by Crippen LogP contribution is 2.19. The first-order chi connectivity index (χ1) is 9.07. The van der Waals surface area contributed by atoms with Gasteiger partial charge in [-0.1, -0.05) is 0 Å². The second kappa shape index (κ2) is 5.68. The van der Waals surface area contributed by atoms with Gasteiger partial charge in [0, 0.05) is 0 Å². The lowest BCUT2D eigenvalue weighted by Crippen LogP contribution is -3.14. The van der Waals surface area contributed by atoms with Gasteiger partial charge in [-0.3, -0.25) is 4.90 Å². The fraction of sp³-hybridized carbons (Fsp3) is 0.417. The van der Waals surface area contributed by atoms with Crippen LogP contribution in [0, 0.1) is 0 Å². The topological polar surface area (TPSA) is 68.1 Å². The highest BCUT2D eigenvalue weighted by Gasteiger charge is 2.30. The fourth-order valence-electron chi connectivity index (χ4n) is 2.03. The molecule has 1 aromatic rings. The van der Waals surface area contributed by atoms with Crippen LogP contribution in [0.3, 0.4) is 0 Å². The van der Waals surface area contributed by atoms with E-state index in [-0.39, 0.29) is 4.90 Å². The van der Waals surface area contributed by atoms with Crippen LogP contribution < -0.4 is 9.64 Å². The molecule has 0 unspecified atom stereocenters. The lowest BCUT2D eigenvalue weighted by Gasteiger charge is -2.28. The van der Waals surface area contributed by atoms with E-state index in [9.17, 15) is 13.2 Å². The highest BCUT2D eigenvalue weighted by atomic mass is 32.2. The molecule has 1 saturated heterocycles. The Morgan fingerprint density at radius 1 is 1.21 bits per heavy atom. The van der Waals surface area contributed by atoms with Crippen molar-refractivity contribution in [2.45, 2.75) is 4.90 Å². The van der Waals surface area contributed by atoms with E-state index < -0.39 is 10.0 Å². The van der Waals surface area contributed by atoms with Gasteiger partial charge in [0.25, 0.3) is 6.41 Å². The summed E-state index contributed by atoms with van der Waals surface area (Å²) < 4.78 is 31.2. The number of carbonyl (C=O) groups excluding carboxylic acids is 1. The maximum Gasteiger partial charge on any atom is 0.299 e. The summed E-state index contributed by atoms with van der Waals surface area (Å²) in [7, 11) is -1.94. The summed E-state index contributed by atoms with van der Waals surface area (Å²) in [5.41, 5.74) is 0. The van der Waals surface area contributed by atoms with Gasteiger partial charge in [-0.25, -0.2) is 13.2 Å². The van der Waals surface area contributed by atoms with E-state index in [1.54, 1.807) is 12.1 Å². The number of nitrogens with one attached hydrogen (secondary N) is 1. The lowest BCUT2D eigenvalue weighted by atomic mass is 10.3. The van der Waals surface area contributed by atoms with E-state index in [2.05, 4.69) is 0 Å². The number of sulfonamides is 1. The molecule has 1 heterocycles. The Balaban J connectivity index is 2.15. The number of rotatable bonds is 4. The number of benzene rings is 1. The van der Waals surface area contributed by atoms with Gasteiger partial charge < -0.3 is 4.74 Å². The van der Waals surface area contributed by atoms with Gasteiger partial charge in [0.15, 0.2) is 0 Å². The van der Waals surface area contributed by atoms with Crippen LogP contribution in [0.15, 0.2) is 29.2 Å². The van der Waals surface area contributed by atoms with E-state index in [1.165, 1.54) is 23.5 Å². The molecule has 0 bridgehead atoms. The number of hydrogen-bond donors (Lipinski definition) is 1. The second-order valence-corrected chi connectivity index (χ2v) is 6.29. The normalized spacial score (nSPS) is 18.2. The second-order valence-electron chi connectivity index (χ2n) is 4.36. The van der Waals surface area contributed by atoms with Crippen LogP contribution in [0.1, 0.15) is 0 Å². The van der Waals surface area contributed by atoms with Crippen LogP contribution in [0.4, 0.5) is 0 Å². The van der Waals surface area contributed by atoms with Crippen molar-refractivity contribution >= 4 is 16.4 Å². The molecule has 0 atom stereocenters. The largest absolute Gasteiger partial charge is 0.497 e. The van der Waals surface area contributed by atoms with Crippen molar-refractivity contribution in [2.24, 2.45) is 0 Å². The third-order valence-electron chi connectivity index (χ3n) is 3.23. The van der Waals surface area contributed by atoms with Gasteiger partial charge in [-0.05, 0) is 24.3 Å². The molecule has 1 fully saturated rings. The van der Waals surface area contributed by atoms with E-state index >= 15 is 0 Å². The Hall–Kier alpha value is -1.44. The number of quaternary nitrogens is 1. The number of methoxy groups -OCH3 is 1. The van der Waals surface area contributed by atoms with Gasteiger partial charge in [0.2, 0.25) is 10.0 Å². The van der Waals surface area contributed by atoms with Crippen LogP contribution >= 0.6 is 0 Å². The average Bonchev–Trinajstić information content (AvgIpc) is 2.47. The molecule has 104 valence electrons. The zero-order chi connectivity index (χ0) is 13.9. The monoisotopic (exact) mass is 285 g/mol. The highest BCUT2D eigenvalue weighted by molar-refractivity contribution is 7.89. The molecule has 0 saturated carbocycles. The number of piperazine rings is 1. The molecular formula is C12H17N2O4S+. The fourth-order valence-corrected chi connectivity index (χ4v) is 3.47. The zero-order valence-corrected chi connectivity index (χ0v) is 11.5. The van der Waals surface area contributed by atoms with Crippen molar-refractivity contribution < 1.29 is 22.8 Å². The summed E-state index contributed by atoms with van der Waals surface area (Å²) in [6.07, 6.45) is 0.831. The number of nitrogens with zero attached hydrogens (tertiary/aromatic N) is 1. The summed E-state index contributed by atoms with van der Waals surface area (Å²) in [6.45, 7) is 1.75. The first-order valence-corrected chi connectivity index (χ1v) is 7.46. The van der Waals surface area contributed by atoms with Crippen molar-refractivity contribution in [2.75, 3.05) is 33.3 Å². The molecule has 1 aliphatic heterocycles. The third kappa shape index (κ3) is 2.94. The minimum atomic E-state index is -3.47. The first kappa shape index (κ1) is 14.0. The van der Waals surface area contributed by atoms with Crippen LogP contribution in [-0.2, 0) is 14.8 Å². The molecular weight excluding hydrogens is 268 g/mol. The molecule has 0 aromatic heterocycles. The maximum absolute atomic E-state index is 12.4. The van der Waals surface area contributed by atoms with Gasteiger partial charge >= 0.3 is 0 Å². The Bertz CT molecular complexity index is 533. The van der Waals surface area contributed by atoms with Crippen molar-refractivity contribution in [3.8, 4) is 5.75 Å². The van der Waals surface area contributed by atoms with Gasteiger partial charge in [-0.15, -0.1) is 0 Å². The molecule has 1 aliphatic rings. The summed E-state index contributed by atoms with van der Waals surface area (Å²) in [5.74, 6) is 0.620. The molecule has 7 heteroatoms. The van der Waals surface area contributed by atoms with Crippen LogP contribution in [0.2, 0.25) is 0 Å². The smallest absolute Gasteiger partial charge is 0.299 e. The minimum absolute atomic E-state index is 0.253. The summed E-state index contributed by atoms with van der Waals surface area (Å²) >= 11 is 0. The van der Waals surface area contributed by atoms with Gasteiger partial charge in [0.1, 0.15) is 5.75 Å². The van der Waals surface area contributed by atoms with Crippen molar-refractivity contribution in [3.05, 3.63) is 24.3 Å². The molecule has 0 radical (unpaired) electrons. The first-order valence-electron chi connectivity index (χ1n) is 6.02. The SMILES string of the molecule is COc1ccc(S(=O)(=O)N2CC[NH+](C=O)CC2)cc1. The van der Waals surface area contributed by atoms with Crippen LogP contribution in [-0.4, -0.2) is 52.4 Å². The molecule has 1 amide bonds. The third-order valence-corrected chi connectivity index (χ3v) is 5.14. The molecule has 0 aliphatic carbocycles. The van der Waals surface area contributed by atoms with E-state index in [0.717, 1.165) is 11.3 Å². The van der Waals surface area contributed by atoms with Crippen molar-refractivity contribution in [1.29, 1.82) is 0 Å². The molecule has 6 nitrogen and oxygen atoms in total. The summed E-state index contributed by atoms with van der Waals surface area (Å²) in [5, 5.41) is 0. The summed E-state index contributed by atoms with van der Waals surface area (Å²) in [4.78, 5) is 11.7. The van der Waals surface area contributed by atoms with E-state index in [1.807, 2.05) is 0 Å². The van der Waals surface area contributed by atoms with E-state index in [4.69, 9.17) is 4.74 Å². The molecule has 2 rings (SSSR count). The molecule has 1 aromatic carbocycles. The Labute approximate surface area is 112 Å². The standard InChI is InChI=1S/C12H16N2O4S/c1-18-11-2-4-12(5-3-11)19(16,17)14-8-6-13(10-15)7-9-14/h2-5,10H,6-9H2,1H3/p+1. The Kier molecular flexibility index (Phi) is 4.18. The number of ether oxygens (including phenoxy) is 1. The van der Waals surface area contributed by atoms with Crippen molar-refractivity contribution in [3.63, 3.8) is 0 Å². The molecule has 0 spiro atoms. The maximum atomic E-state index is 12.4. The molecule has 19 heavy (non-hydrogen) atoms. The number of hydrogen-bond acceptors (Lipinski definition) is 4. The predicted octanol–water partition coefficient (Wildman–Crippen LogP) is -1.26. The van der Waals surface area contributed by atoms with Crippen LogP contribution in [0.5, 0.6) is 5.75 Å². The van der Waals surface area contributed by atoms with E-state index in [0.29, 0.717) is 31.9 Å². The zero-order valence-electron chi connectivity index (χ0n) is 10.7. The predicted molar refractivity (Wildman–Crippen MR) is 68.5 cm³/mol. The number of amides is 1. The lowest BCUT2D eigenvalue weighted by molar-refractivity contribution is -0.815. The van der Waals surface area contributed by atoms with Crippen molar-refractivity contribution in [1.82, 2.24) is 4.31 Å². The molecule has 1 N–H and O–H groups in total. The minimum Gasteiger partial charge on any atom is -0.497 e. The quantitative estimate of drug-likeness (QED) is 0.701. The summed E-state index contributed by atoms with van der Waals surface area (Å²) in [6, 6.07) is 6.32. The Morgan fingerprint density at radius 2 is 1.79 bits per heavy atom. The number of carbonyl (C=O) groups is 1. The average molecular weight is 285 g/mol. The Morgan fingerprint density at radius 3 is 2.26 bits per heavy atom.